The van der Waals surface area contributed by atoms with Gasteiger partial charge in [0.15, 0.2) is 0 Å². The van der Waals surface area contributed by atoms with E-state index in [1.807, 2.05) is 7.05 Å². The lowest BCUT2D eigenvalue weighted by Crippen LogP contribution is -2.36. The lowest BCUT2D eigenvalue weighted by molar-refractivity contribution is 0.122. The first-order chi connectivity index (χ1) is 6.90. The van der Waals surface area contributed by atoms with Gasteiger partial charge in [0.25, 0.3) is 0 Å². The highest BCUT2D eigenvalue weighted by molar-refractivity contribution is 5.57. The molecule has 1 aromatic rings. The van der Waals surface area contributed by atoms with Crippen LogP contribution in [0.4, 0.5) is 11.4 Å². The van der Waals surface area contributed by atoms with Gasteiger partial charge in [0.05, 0.1) is 13.2 Å². The summed E-state index contributed by atoms with van der Waals surface area (Å²) in [5, 5.41) is 3.15. The molecule has 0 aliphatic carbocycles. The number of ether oxygens (including phenoxy) is 1. The summed E-state index contributed by atoms with van der Waals surface area (Å²) >= 11 is 0. The second kappa shape index (κ2) is 4.33. The summed E-state index contributed by atoms with van der Waals surface area (Å²) in [6.45, 7) is 3.66. The maximum atomic E-state index is 5.32. The summed E-state index contributed by atoms with van der Waals surface area (Å²) in [5.41, 5.74) is 2.44. The molecule has 0 bridgehead atoms. The lowest BCUT2D eigenvalue weighted by Gasteiger charge is -2.29. The Morgan fingerprint density at radius 3 is 2.79 bits per heavy atom. The Labute approximate surface area is 84.7 Å². The number of hydrogen-bond acceptors (Lipinski definition) is 3. The average Bonchev–Trinajstić information content (AvgIpc) is 2.30. The number of benzene rings is 1. The monoisotopic (exact) mass is 192 g/mol. The second-order valence-electron chi connectivity index (χ2n) is 3.40. The van der Waals surface area contributed by atoms with Crippen molar-refractivity contribution in [3.63, 3.8) is 0 Å². The number of morpholine rings is 1. The van der Waals surface area contributed by atoms with Crippen LogP contribution in [0, 0.1) is 0 Å². The van der Waals surface area contributed by atoms with Gasteiger partial charge in [-0.25, -0.2) is 0 Å². The van der Waals surface area contributed by atoms with E-state index in [2.05, 4.69) is 34.5 Å². The van der Waals surface area contributed by atoms with Crippen molar-refractivity contribution in [1.82, 2.24) is 0 Å². The molecule has 3 nitrogen and oxygen atoms in total. The van der Waals surface area contributed by atoms with E-state index in [1.54, 1.807) is 0 Å². The summed E-state index contributed by atoms with van der Waals surface area (Å²) in [6, 6.07) is 8.47. The molecule has 1 fully saturated rings. The zero-order valence-corrected chi connectivity index (χ0v) is 8.49. The van der Waals surface area contributed by atoms with E-state index in [4.69, 9.17) is 4.74 Å². The Morgan fingerprint density at radius 2 is 2.07 bits per heavy atom. The third-order valence-corrected chi connectivity index (χ3v) is 2.51. The first kappa shape index (κ1) is 9.34. The summed E-state index contributed by atoms with van der Waals surface area (Å²) < 4.78 is 5.32. The smallest absolute Gasteiger partial charge is 0.0642 e. The van der Waals surface area contributed by atoms with Gasteiger partial charge in [0.2, 0.25) is 0 Å². The molecular weight excluding hydrogens is 176 g/mol. The molecule has 14 heavy (non-hydrogen) atoms. The van der Waals surface area contributed by atoms with Crippen molar-refractivity contribution < 1.29 is 4.74 Å². The Kier molecular flexibility index (Phi) is 2.89. The minimum atomic E-state index is 0.837. The predicted octanol–water partition coefficient (Wildman–Crippen LogP) is 1.56. The van der Waals surface area contributed by atoms with E-state index < -0.39 is 0 Å². The molecule has 0 unspecified atom stereocenters. The topological polar surface area (TPSA) is 24.5 Å². The van der Waals surface area contributed by atoms with Crippen molar-refractivity contribution in [3.8, 4) is 0 Å². The molecule has 0 spiro atoms. The molecule has 0 radical (unpaired) electrons. The molecule has 0 atom stereocenters. The number of anilines is 2. The molecule has 0 aromatic heterocycles. The lowest BCUT2D eigenvalue weighted by atomic mass is 10.2. The quantitative estimate of drug-likeness (QED) is 0.769. The maximum Gasteiger partial charge on any atom is 0.0642 e. The van der Waals surface area contributed by atoms with Crippen LogP contribution >= 0.6 is 0 Å². The van der Waals surface area contributed by atoms with Crippen LogP contribution in [0.2, 0.25) is 0 Å². The molecule has 3 heteroatoms. The Morgan fingerprint density at radius 1 is 1.29 bits per heavy atom. The average molecular weight is 192 g/mol. The normalized spacial score (nSPS) is 16.8. The minimum absolute atomic E-state index is 0.837. The summed E-state index contributed by atoms with van der Waals surface area (Å²) in [5.74, 6) is 0. The van der Waals surface area contributed by atoms with Crippen molar-refractivity contribution >= 4 is 11.4 Å². The third kappa shape index (κ3) is 1.99. The van der Waals surface area contributed by atoms with E-state index >= 15 is 0 Å². The van der Waals surface area contributed by atoms with Crippen LogP contribution in [0.15, 0.2) is 24.3 Å². The van der Waals surface area contributed by atoms with E-state index in [0.717, 1.165) is 32.0 Å². The summed E-state index contributed by atoms with van der Waals surface area (Å²) in [7, 11) is 1.94. The van der Waals surface area contributed by atoms with Crippen LogP contribution in [-0.4, -0.2) is 33.4 Å². The number of hydrogen-bond donors (Lipinski definition) is 1. The maximum absolute atomic E-state index is 5.32. The minimum Gasteiger partial charge on any atom is -0.388 e. The van der Waals surface area contributed by atoms with Crippen LogP contribution in [0.25, 0.3) is 0 Å². The van der Waals surface area contributed by atoms with E-state index in [1.165, 1.54) is 5.69 Å². The fourth-order valence-electron chi connectivity index (χ4n) is 1.68. The van der Waals surface area contributed by atoms with Crippen LogP contribution in [0.3, 0.4) is 0 Å². The van der Waals surface area contributed by atoms with Crippen LogP contribution in [0.5, 0.6) is 0 Å². The zero-order chi connectivity index (χ0) is 9.80. The van der Waals surface area contributed by atoms with Gasteiger partial charge in [-0.2, -0.15) is 0 Å². The van der Waals surface area contributed by atoms with Gasteiger partial charge in [-0.15, -0.1) is 0 Å². The Hall–Kier alpha value is -1.22. The van der Waals surface area contributed by atoms with E-state index in [9.17, 15) is 0 Å². The molecule has 2 rings (SSSR count). The molecular formula is C11H16N2O. The summed E-state index contributed by atoms with van der Waals surface area (Å²) in [6.07, 6.45) is 0. The number of nitrogens with one attached hydrogen (secondary N) is 1. The van der Waals surface area contributed by atoms with Gasteiger partial charge in [0, 0.05) is 31.5 Å². The van der Waals surface area contributed by atoms with Gasteiger partial charge >= 0.3 is 0 Å². The highest BCUT2D eigenvalue weighted by atomic mass is 16.5. The van der Waals surface area contributed by atoms with Crippen LogP contribution in [-0.2, 0) is 4.74 Å². The van der Waals surface area contributed by atoms with Crippen molar-refractivity contribution in [3.05, 3.63) is 24.3 Å². The summed E-state index contributed by atoms with van der Waals surface area (Å²) in [4.78, 5) is 2.35. The van der Waals surface area contributed by atoms with Crippen LogP contribution in [0.1, 0.15) is 0 Å². The van der Waals surface area contributed by atoms with Crippen molar-refractivity contribution in [2.24, 2.45) is 0 Å². The van der Waals surface area contributed by atoms with Gasteiger partial charge in [0.1, 0.15) is 0 Å². The molecule has 0 amide bonds. The van der Waals surface area contributed by atoms with Gasteiger partial charge in [-0.3, -0.25) is 0 Å². The number of nitrogens with zero attached hydrogens (tertiary/aromatic N) is 1. The standard InChI is InChI=1S/C11H16N2O/c1-12-10-3-2-4-11(9-10)13-5-7-14-8-6-13/h2-4,9,12H,5-8H2,1H3. The first-order valence-electron chi connectivity index (χ1n) is 5.00. The second-order valence-corrected chi connectivity index (χ2v) is 3.40. The highest BCUT2D eigenvalue weighted by Gasteiger charge is 2.10. The molecule has 1 aliphatic rings. The zero-order valence-electron chi connectivity index (χ0n) is 8.49. The molecule has 1 aliphatic heterocycles. The molecule has 1 saturated heterocycles. The first-order valence-corrected chi connectivity index (χ1v) is 5.00. The van der Waals surface area contributed by atoms with Gasteiger partial charge in [-0.1, -0.05) is 6.07 Å². The third-order valence-electron chi connectivity index (χ3n) is 2.51. The van der Waals surface area contributed by atoms with Gasteiger partial charge in [-0.05, 0) is 18.2 Å². The van der Waals surface area contributed by atoms with E-state index in [0.29, 0.717) is 0 Å². The Bertz CT molecular complexity index is 295. The fraction of sp³-hybridized carbons (Fsp3) is 0.455. The van der Waals surface area contributed by atoms with Crippen molar-refractivity contribution in [2.45, 2.75) is 0 Å². The van der Waals surface area contributed by atoms with Gasteiger partial charge < -0.3 is 15.0 Å². The van der Waals surface area contributed by atoms with Crippen molar-refractivity contribution in [2.75, 3.05) is 43.6 Å². The molecule has 1 N–H and O–H groups in total. The highest BCUT2D eigenvalue weighted by Crippen LogP contribution is 2.19. The van der Waals surface area contributed by atoms with Crippen LogP contribution < -0.4 is 10.2 Å². The number of rotatable bonds is 2. The largest absolute Gasteiger partial charge is 0.388 e. The molecule has 0 saturated carbocycles. The molecule has 1 aromatic carbocycles. The molecule has 1 heterocycles. The Balaban J connectivity index is 2.13. The SMILES string of the molecule is CNc1cccc(N2CCOCC2)c1. The molecule has 76 valence electrons. The van der Waals surface area contributed by atoms with E-state index in [-0.39, 0.29) is 0 Å². The fourth-order valence-corrected chi connectivity index (χ4v) is 1.68. The predicted molar refractivity (Wildman–Crippen MR) is 59.0 cm³/mol. The van der Waals surface area contributed by atoms with Crippen molar-refractivity contribution in [1.29, 1.82) is 0 Å².